The van der Waals surface area contributed by atoms with Crippen LogP contribution in [0.5, 0.6) is 0 Å². The molecular weight excluding hydrogens is 268 g/mol. The standard InChI is InChI=1S/C16H32N2O3/c1-5-14(20)9-12-8-13(11-18(10-12)6-7-19)17-15(21)16(2,3)4/h12-14,19-20H,5-11H2,1-4H3,(H,17,21). The van der Waals surface area contributed by atoms with Crippen molar-refractivity contribution in [3.8, 4) is 0 Å². The van der Waals surface area contributed by atoms with Gasteiger partial charge in [0.15, 0.2) is 0 Å². The van der Waals surface area contributed by atoms with Gasteiger partial charge >= 0.3 is 0 Å². The Kier molecular flexibility index (Phi) is 7.10. The molecular formula is C16H32N2O3. The Morgan fingerprint density at radius 3 is 2.57 bits per heavy atom. The third-order valence-electron chi connectivity index (χ3n) is 4.12. The summed E-state index contributed by atoms with van der Waals surface area (Å²) in [6, 6.07) is 0.103. The average Bonchev–Trinajstić information content (AvgIpc) is 2.37. The van der Waals surface area contributed by atoms with Gasteiger partial charge in [0.25, 0.3) is 0 Å². The van der Waals surface area contributed by atoms with Crippen LogP contribution in [0.4, 0.5) is 0 Å². The van der Waals surface area contributed by atoms with Gasteiger partial charge in [-0.2, -0.15) is 0 Å². The number of likely N-dealkylation sites (tertiary alicyclic amines) is 1. The fraction of sp³-hybridized carbons (Fsp3) is 0.938. The van der Waals surface area contributed by atoms with Crippen LogP contribution < -0.4 is 5.32 Å². The van der Waals surface area contributed by atoms with Gasteiger partial charge in [-0.15, -0.1) is 0 Å². The van der Waals surface area contributed by atoms with Crippen molar-refractivity contribution in [3.05, 3.63) is 0 Å². The fourth-order valence-corrected chi connectivity index (χ4v) is 2.86. The lowest BCUT2D eigenvalue weighted by Crippen LogP contribution is -2.53. The number of nitrogens with zero attached hydrogens (tertiary/aromatic N) is 1. The zero-order valence-corrected chi connectivity index (χ0v) is 13.9. The second-order valence-electron chi connectivity index (χ2n) is 7.30. The molecule has 1 aliphatic rings. The van der Waals surface area contributed by atoms with Crippen molar-refractivity contribution in [2.75, 3.05) is 26.2 Å². The quantitative estimate of drug-likeness (QED) is 0.684. The molecule has 124 valence electrons. The van der Waals surface area contributed by atoms with Gasteiger partial charge in [0.1, 0.15) is 0 Å². The maximum absolute atomic E-state index is 12.2. The van der Waals surface area contributed by atoms with Gasteiger partial charge in [-0.1, -0.05) is 27.7 Å². The van der Waals surface area contributed by atoms with E-state index in [1.165, 1.54) is 0 Å². The molecule has 0 aromatic rings. The molecule has 3 unspecified atom stereocenters. The number of aliphatic hydroxyl groups excluding tert-OH is 2. The number of amides is 1. The molecule has 1 aliphatic heterocycles. The summed E-state index contributed by atoms with van der Waals surface area (Å²) in [4.78, 5) is 14.3. The van der Waals surface area contributed by atoms with Gasteiger partial charge < -0.3 is 15.5 Å². The lowest BCUT2D eigenvalue weighted by Gasteiger charge is -2.39. The van der Waals surface area contributed by atoms with Crippen molar-refractivity contribution < 1.29 is 15.0 Å². The molecule has 21 heavy (non-hydrogen) atoms. The predicted octanol–water partition coefficient (Wildman–Crippen LogP) is 0.992. The number of hydrogen-bond donors (Lipinski definition) is 3. The zero-order chi connectivity index (χ0) is 16.0. The molecule has 5 heteroatoms. The van der Waals surface area contributed by atoms with Gasteiger partial charge in [0.2, 0.25) is 5.91 Å². The number of aliphatic hydroxyl groups is 2. The van der Waals surface area contributed by atoms with Gasteiger partial charge in [-0.3, -0.25) is 9.69 Å². The van der Waals surface area contributed by atoms with E-state index >= 15 is 0 Å². The molecule has 1 rings (SSSR count). The minimum absolute atomic E-state index is 0.0631. The summed E-state index contributed by atoms with van der Waals surface area (Å²) in [5.74, 6) is 0.429. The van der Waals surface area contributed by atoms with E-state index < -0.39 is 5.41 Å². The largest absolute Gasteiger partial charge is 0.395 e. The number of β-amino-alcohol motifs (C(OH)–C–C–N with tert-alkyl or cyclic N) is 1. The molecule has 5 nitrogen and oxygen atoms in total. The second kappa shape index (κ2) is 8.11. The summed E-state index contributed by atoms with van der Waals surface area (Å²) in [5.41, 5.74) is -0.391. The van der Waals surface area contributed by atoms with Crippen molar-refractivity contribution in [1.82, 2.24) is 10.2 Å². The highest BCUT2D eigenvalue weighted by Gasteiger charge is 2.31. The van der Waals surface area contributed by atoms with Crippen LogP contribution in [0.1, 0.15) is 47.0 Å². The number of carbonyl (C=O) groups is 1. The van der Waals surface area contributed by atoms with E-state index in [9.17, 15) is 9.90 Å². The summed E-state index contributed by atoms with van der Waals surface area (Å²) >= 11 is 0. The van der Waals surface area contributed by atoms with E-state index in [1.807, 2.05) is 27.7 Å². The first-order valence-electron chi connectivity index (χ1n) is 8.08. The van der Waals surface area contributed by atoms with Crippen molar-refractivity contribution in [1.29, 1.82) is 0 Å². The molecule has 1 heterocycles. The first kappa shape index (κ1) is 18.4. The molecule has 0 aliphatic carbocycles. The van der Waals surface area contributed by atoms with Crippen LogP contribution in [-0.2, 0) is 4.79 Å². The third-order valence-corrected chi connectivity index (χ3v) is 4.12. The molecule has 1 saturated heterocycles. The lowest BCUT2D eigenvalue weighted by atomic mass is 9.87. The molecule has 3 atom stereocenters. The Morgan fingerprint density at radius 1 is 1.38 bits per heavy atom. The van der Waals surface area contributed by atoms with E-state index in [1.54, 1.807) is 0 Å². The molecule has 0 spiro atoms. The molecule has 0 saturated carbocycles. The van der Waals surface area contributed by atoms with Crippen molar-refractivity contribution in [3.63, 3.8) is 0 Å². The minimum atomic E-state index is -0.391. The van der Waals surface area contributed by atoms with Crippen molar-refractivity contribution in [2.45, 2.75) is 59.1 Å². The normalized spacial score (nSPS) is 25.6. The first-order chi connectivity index (χ1) is 9.76. The number of hydrogen-bond acceptors (Lipinski definition) is 4. The van der Waals surface area contributed by atoms with Gasteiger partial charge in [-0.25, -0.2) is 0 Å². The molecule has 3 N–H and O–H groups in total. The monoisotopic (exact) mass is 300 g/mol. The Labute approximate surface area is 128 Å². The Bertz CT molecular complexity index is 328. The van der Waals surface area contributed by atoms with E-state index in [-0.39, 0.29) is 24.7 Å². The van der Waals surface area contributed by atoms with E-state index in [4.69, 9.17) is 5.11 Å². The number of carbonyl (C=O) groups excluding carboxylic acids is 1. The highest BCUT2D eigenvalue weighted by molar-refractivity contribution is 5.81. The molecule has 1 amide bonds. The van der Waals surface area contributed by atoms with E-state index in [0.717, 1.165) is 32.4 Å². The van der Waals surface area contributed by atoms with Gasteiger partial charge in [0.05, 0.1) is 12.7 Å². The maximum Gasteiger partial charge on any atom is 0.225 e. The Balaban J connectivity index is 2.63. The molecule has 1 fully saturated rings. The molecule has 0 aromatic heterocycles. The topological polar surface area (TPSA) is 72.8 Å². The number of rotatable bonds is 6. The third kappa shape index (κ3) is 6.32. The van der Waals surface area contributed by atoms with Crippen molar-refractivity contribution >= 4 is 5.91 Å². The highest BCUT2D eigenvalue weighted by atomic mass is 16.3. The Hall–Kier alpha value is -0.650. The number of piperidine rings is 1. The molecule has 0 radical (unpaired) electrons. The summed E-state index contributed by atoms with van der Waals surface area (Å²) in [7, 11) is 0. The van der Waals surface area contributed by atoms with Crippen LogP contribution in [0.3, 0.4) is 0 Å². The van der Waals surface area contributed by atoms with E-state index in [0.29, 0.717) is 12.5 Å². The smallest absolute Gasteiger partial charge is 0.225 e. The van der Waals surface area contributed by atoms with Crippen LogP contribution >= 0.6 is 0 Å². The predicted molar refractivity (Wildman–Crippen MR) is 83.9 cm³/mol. The highest BCUT2D eigenvalue weighted by Crippen LogP contribution is 2.23. The maximum atomic E-state index is 12.2. The SMILES string of the molecule is CCC(O)CC1CC(NC(=O)C(C)(C)C)CN(CCO)C1. The summed E-state index contributed by atoms with van der Waals surface area (Å²) < 4.78 is 0. The lowest BCUT2D eigenvalue weighted by molar-refractivity contribution is -0.129. The van der Waals surface area contributed by atoms with Crippen LogP contribution in [0.2, 0.25) is 0 Å². The van der Waals surface area contributed by atoms with E-state index in [2.05, 4.69) is 10.2 Å². The van der Waals surface area contributed by atoms with Gasteiger partial charge in [-0.05, 0) is 25.2 Å². The molecule has 0 bridgehead atoms. The molecule has 0 aromatic carbocycles. The van der Waals surface area contributed by atoms with Crippen LogP contribution in [0.15, 0.2) is 0 Å². The van der Waals surface area contributed by atoms with Crippen molar-refractivity contribution in [2.24, 2.45) is 11.3 Å². The second-order valence-corrected chi connectivity index (χ2v) is 7.30. The summed E-state index contributed by atoms with van der Waals surface area (Å²) in [5, 5.41) is 22.1. The van der Waals surface area contributed by atoms with Crippen LogP contribution in [0.25, 0.3) is 0 Å². The van der Waals surface area contributed by atoms with Crippen LogP contribution in [0, 0.1) is 11.3 Å². The minimum Gasteiger partial charge on any atom is -0.395 e. The summed E-state index contributed by atoms with van der Waals surface area (Å²) in [6.45, 7) is 10.1. The Morgan fingerprint density at radius 2 is 2.05 bits per heavy atom. The fourth-order valence-electron chi connectivity index (χ4n) is 2.86. The average molecular weight is 300 g/mol. The first-order valence-corrected chi connectivity index (χ1v) is 8.08. The van der Waals surface area contributed by atoms with Gasteiger partial charge in [0, 0.05) is 31.1 Å². The van der Waals surface area contributed by atoms with Crippen LogP contribution in [-0.4, -0.2) is 59.4 Å². The zero-order valence-electron chi connectivity index (χ0n) is 13.9. The summed E-state index contributed by atoms with van der Waals surface area (Å²) in [6.07, 6.45) is 2.15. The number of nitrogens with one attached hydrogen (secondary N) is 1.